The average molecular weight is 682 g/mol. The molecule has 0 spiro atoms. The lowest BCUT2D eigenvalue weighted by molar-refractivity contribution is -0.140. The fraction of sp³-hybridized carbons (Fsp3) is 0.333. The lowest BCUT2D eigenvalue weighted by Gasteiger charge is -2.30. The molecule has 2 aliphatic heterocycles. The molecule has 4 atom stereocenters. The van der Waals surface area contributed by atoms with Gasteiger partial charge in [0.05, 0.1) is 41.8 Å². The molecule has 3 heterocycles. The molecule has 6 rings (SSSR count). The van der Waals surface area contributed by atoms with Crippen LogP contribution in [0, 0.1) is 21.3 Å². The second kappa shape index (κ2) is 11.7. The molecule has 1 N–H and O–H groups in total. The standard InChI is InChI=1S/C33H32INO5S/c1-19-13-24-30(33(38)35(32(24)37)17-23-9-6-12-41-23)25-18-40-27(29(19)25)11-10-22(21-7-4-3-5-8-21)14-20-15-26(34)31(36)28(16-20)39-2/h3-9,12,14-16,24-25,27,30,36H,10-11,13,17-18H2,1-2H3/b22-14-/t24-,25+,27-,30-/m1/s1. The van der Waals surface area contributed by atoms with Crippen LogP contribution in [0.25, 0.3) is 11.6 Å². The number of aromatic hydroxyl groups is 1. The van der Waals surface area contributed by atoms with Gasteiger partial charge in [-0.1, -0.05) is 48.0 Å². The predicted octanol–water partition coefficient (Wildman–Crippen LogP) is 6.92. The van der Waals surface area contributed by atoms with Crippen molar-refractivity contribution in [2.75, 3.05) is 13.7 Å². The van der Waals surface area contributed by atoms with Gasteiger partial charge in [0.15, 0.2) is 11.5 Å². The number of thiophene rings is 1. The predicted molar refractivity (Wildman–Crippen MR) is 168 cm³/mol. The van der Waals surface area contributed by atoms with Crippen molar-refractivity contribution < 1.29 is 24.2 Å². The van der Waals surface area contributed by atoms with Gasteiger partial charge >= 0.3 is 0 Å². The number of amides is 2. The van der Waals surface area contributed by atoms with Gasteiger partial charge < -0.3 is 14.6 Å². The van der Waals surface area contributed by atoms with Crippen molar-refractivity contribution in [3.63, 3.8) is 0 Å². The highest BCUT2D eigenvalue weighted by atomic mass is 127. The van der Waals surface area contributed by atoms with Gasteiger partial charge in [-0.15, -0.1) is 11.3 Å². The lowest BCUT2D eigenvalue weighted by atomic mass is 9.70. The second-order valence-corrected chi connectivity index (χ2v) is 13.2. The molecule has 2 saturated heterocycles. The van der Waals surface area contributed by atoms with E-state index in [0.29, 0.717) is 25.3 Å². The summed E-state index contributed by atoms with van der Waals surface area (Å²) in [6.45, 7) is 2.95. The summed E-state index contributed by atoms with van der Waals surface area (Å²) in [6.07, 6.45) is 4.22. The molecule has 0 unspecified atom stereocenters. The van der Waals surface area contributed by atoms with E-state index >= 15 is 0 Å². The molecule has 3 aliphatic rings. The topological polar surface area (TPSA) is 76.1 Å². The summed E-state index contributed by atoms with van der Waals surface area (Å²) >= 11 is 3.69. The van der Waals surface area contributed by atoms with E-state index in [0.717, 1.165) is 38.0 Å². The number of rotatable bonds is 8. The van der Waals surface area contributed by atoms with E-state index in [1.54, 1.807) is 18.4 Å². The van der Waals surface area contributed by atoms with Crippen LogP contribution in [0.4, 0.5) is 0 Å². The number of hydrogen-bond acceptors (Lipinski definition) is 6. The smallest absolute Gasteiger partial charge is 0.234 e. The van der Waals surface area contributed by atoms with Crippen molar-refractivity contribution >= 4 is 57.4 Å². The minimum atomic E-state index is -0.332. The number of likely N-dealkylation sites (tertiary alicyclic amines) is 1. The van der Waals surface area contributed by atoms with Crippen LogP contribution in [0.1, 0.15) is 42.2 Å². The zero-order valence-corrected chi connectivity index (χ0v) is 26.0. The number of imide groups is 1. The summed E-state index contributed by atoms with van der Waals surface area (Å²) in [4.78, 5) is 29.4. The number of phenolic OH excluding ortho intramolecular Hbond substituents is 1. The third kappa shape index (κ3) is 5.37. The molecule has 1 aliphatic carbocycles. The highest BCUT2D eigenvalue weighted by Crippen LogP contribution is 2.50. The van der Waals surface area contributed by atoms with Crippen molar-refractivity contribution in [3.05, 3.63) is 90.7 Å². The number of carbonyl (C=O) groups is 2. The molecule has 3 aromatic rings. The number of halogens is 1. The van der Waals surface area contributed by atoms with E-state index in [-0.39, 0.29) is 41.4 Å². The maximum absolute atomic E-state index is 13.6. The van der Waals surface area contributed by atoms with Gasteiger partial charge in [0.25, 0.3) is 0 Å². The average Bonchev–Trinajstić information content (AvgIpc) is 3.70. The van der Waals surface area contributed by atoms with Gasteiger partial charge in [-0.3, -0.25) is 14.5 Å². The van der Waals surface area contributed by atoms with Crippen LogP contribution in [-0.4, -0.2) is 41.6 Å². The lowest BCUT2D eigenvalue weighted by Crippen LogP contribution is -2.34. The molecule has 0 saturated carbocycles. The van der Waals surface area contributed by atoms with E-state index in [1.165, 1.54) is 16.0 Å². The number of phenols is 1. The van der Waals surface area contributed by atoms with Crippen LogP contribution >= 0.6 is 33.9 Å². The molecule has 8 heteroatoms. The Morgan fingerprint density at radius 2 is 1.95 bits per heavy atom. The maximum Gasteiger partial charge on any atom is 0.234 e. The number of allylic oxidation sites excluding steroid dienone is 2. The first kappa shape index (κ1) is 28.2. The summed E-state index contributed by atoms with van der Waals surface area (Å²) < 4.78 is 12.5. The van der Waals surface area contributed by atoms with Gasteiger partial charge in [0.2, 0.25) is 11.8 Å². The van der Waals surface area contributed by atoms with Gasteiger partial charge in [0, 0.05) is 10.8 Å². The van der Waals surface area contributed by atoms with Crippen molar-refractivity contribution in [3.8, 4) is 11.5 Å². The van der Waals surface area contributed by atoms with Crippen LogP contribution in [0.2, 0.25) is 0 Å². The molecule has 2 fully saturated rings. The van der Waals surface area contributed by atoms with Crippen molar-refractivity contribution in [1.29, 1.82) is 0 Å². The summed E-state index contributed by atoms with van der Waals surface area (Å²) in [5.74, 6) is -0.164. The number of ether oxygens (including phenoxy) is 2. The number of benzene rings is 2. The Bertz CT molecular complexity index is 1530. The molecule has 0 bridgehead atoms. The number of nitrogens with zero attached hydrogens (tertiary/aromatic N) is 1. The van der Waals surface area contributed by atoms with Crippen LogP contribution in [-0.2, 0) is 20.9 Å². The maximum atomic E-state index is 13.6. The summed E-state index contributed by atoms with van der Waals surface area (Å²) in [5, 5.41) is 12.3. The molecule has 2 amide bonds. The largest absolute Gasteiger partial charge is 0.504 e. The Morgan fingerprint density at radius 3 is 2.68 bits per heavy atom. The second-order valence-electron chi connectivity index (χ2n) is 11.0. The Kier molecular flexibility index (Phi) is 8.07. The van der Waals surface area contributed by atoms with E-state index < -0.39 is 0 Å². The summed E-state index contributed by atoms with van der Waals surface area (Å²) in [7, 11) is 1.55. The van der Waals surface area contributed by atoms with Gasteiger partial charge in [0.1, 0.15) is 0 Å². The van der Waals surface area contributed by atoms with Gasteiger partial charge in [-0.25, -0.2) is 0 Å². The van der Waals surface area contributed by atoms with Crippen LogP contribution in [0.3, 0.4) is 0 Å². The Labute approximate surface area is 257 Å². The van der Waals surface area contributed by atoms with Gasteiger partial charge in [-0.05, 0) is 94.6 Å². The van der Waals surface area contributed by atoms with E-state index in [4.69, 9.17) is 9.47 Å². The van der Waals surface area contributed by atoms with Crippen LogP contribution in [0.15, 0.2) is 71.1 Å². The summed E-state index contributed by atoms with van der Waals surface area (Å²) in [6, 6.07) is 18.0. The SMILES string of the molecule is COc1cc(/C=C(/CC[C@H]2OC[C@H]3C2=C(C)C[C@H]2C(=O)N(Cc4cccs4)C(=O)[C@H]23)c2ccccc2)cc(I)c1O. The van der Waals surface area contributed by atoms with Crippen molar-refractivity contribution in [2.24, 2.45) is 17.8 Å². The first-order chi connectivity index (χ1) is 19.9. The van der Waals surface area contributed by atoms with E-state index in [9.17, 15) is 14.7 Å². The molecule has 2 aromatic carbocycles. The van der Waals surface area contributed by atoms with Crippen molar-refractivity contribution in [2.45, 2.75) is 38.8 Å². The highest BCUT2D eigenvalue weighted by Gasteiger charge is 2.56. The first-order valence-corrected chi connectivity index (χ1v) is 15.8. The number of carbonyl (C=O) groups excluding carboxylic acids is 2. The zero-order valence-electron chi connectivity index (χ0n) is 23.0. The highest BCUT2D eigenvalue weighted by molar-refractivity contribution is 14.1. The van der Waals surface area contributed by atoms with Crippen LogP contribution < -0.4 is 4.74 Å². The molecular weight excluding hydrogens is 649 g/mol. The molecule has 1 aromatic heterocycles. The number of hydrogen-bond donors (Lipinski definition) is 1. The molecular formula is C33H32INO5S. The minimum absolute atomic E-state index is 0.0384. The Morgan fingerprint density at radius 1 is 1.15 bits per heavy atom. The van der Waals surface area contributed by atoms with E-state index in [2.05, 4.69) is 47.7 Å². The first-order valence-electron chi connectivity index (χ1n) is 13.9. The van der Waals surface area contributed by atoms with E-state index in [1.807, 2.05) is 47.8 Å². The molecule has 6 nitrogen and oxygen atoms in total. The summed E-state index contributed by atoms with van der Waals surface area (Å²) in [5.41, 5.74) is 5.64. The third-order valence-electron chi connectivity index (χ3n) is 8.57. The Balaban J connectivity index is 1.24. The monoisotopic (exact) mass is 681 g/mol. The zero-order chi connectivity index (χ0) is 28.7. The fourth-order valence-electron chi connectivity index (χ4n) is 6.68. The molecule has 212 valence electrons. The van der Waals surface area contributed by atoms with Crippen molar-refractivity contribution in [1.82, 2.24) is 4.90 Å². The fourth-order valence-corrected chi connectivity index (χ4v) is 8.00. The number of fused-ring (bicyclic) bond motifs is 3. The quantitative estimate of drug-likeness (QED) is 0.121. The van der Waals surface area contributed by atoms with Gasteiger partial charge in [-0.2, -0.15) is 0 Å². The molecule has 41 heavy (non-hydrogen) atoms. The molecule has 0 radical (unpaired) electrons. The minimum Gasteiger partial charge on any atom is -0.504 e. The van der Waals surface area contributed by atoms with Crippen LogP contribution in [0.5, 0.6) is 11.5 Å². The number of methoxy groups -OCH3 is 1. The Hall–Kier alpha value is -2.95. The third-order valence-corrected chi connectivity index (χ3v) is 10.3. The normalized spacial score (nSPS) is 24.2.